The van der Waals surface area contributed by atoms with Gasteiger partial charge in [-0.3, -0.25) is 4.79 Å². The number of carbonyl (C=O) groups is 1. The molecule has 4 nitrogen and oxygen atoms in total. The van der Waals surface area contributed by atoms with Crippen LogP contribution in [0.4, 0.5) is 0 Å². The van der Waals surface area contributed by atoms with Gasteiger partial charge < -0.3 is 15.0 Å². The van der Waals surface area contributed by atoms with Crippen LogP contribution in [0.5, 0.6) is 5.75 Å². The number of hydrogen-bond acceptors (Lipinski definition) is 3. The lowest BCUT2D eigenvalue weighted by Crippen LogP contribution is -2.45. The van der Waals surface area contributed by atoms with Crippen LogP contribution in [0.1, 0.15) is 36.0 Å². The van der Waals surface area contributed by atoms with Gasteiger partial charge in [-0.25, -0.2) is 0 Å². The largest absolute Gasteiger partial charge is 0.497 e. The maximum absolute atomic E-state index is 12.5. The maximum Gasteiger partial charge on any atom is 0.253 e. The van der Waals surface area contributed by atoms with E-state index in [0.29, 0.717) is 6.04 Å². The molecule has 0 radical (unpaired) electrons. The van der Waals surface area contributed by atoms with E-state index in [-0.39, 0.29) is 18.3 Å². The lowest BCUT2D eigenvalue weighted by atomic mass is 10.0. The molecule has 1 N–H and O–H groups in total. The van der Waals surface area contributed by atoms with Gasteiger partial charge in [-0.2, -0.15) is 0 Å². The van der Waals surface area contributed by atoms with E-state index >= 15 is 0 Å². The number of halogens is 1. The molecule has 1 aliphatic carbocycles. The molecular formula is C17H25ClN2O2. The molecule has 0 spiro atoms. The van der Waals surface area contributed by atoms with Gasteiger partial charge in [0.1, 0.15) is 5.75 Å². The van der Waals surface area contributed by atoms with E-state index in [2.05, 4.69) is 5.32 Å². The Morgan fingerprint density at radius 3 is 2.64 bits per heavy atom. The van der Waals surface area contributed by atoms with Gasteiger partial charge in [0.05, 0.1) is 7.11 Å². The number of ether oxygens (including phenoxy) is 1. The van der Waals surface area contributed by atoms with Crippen LogP contribution in [0.2, 0.25) is 0 Å². The maximum atomic E-state index is 12.5. The molecule has 22 heavy (non-hydrogen) atoms. The van der Waals surface area contributed by atoms with E-state index in [1.54, 1.807) is 7.11 Å². The second kappa shape index (κ2) is 7.84. The number of methoxy groups -OCH3 is 1. The minimum atomic E-state index is 0. The molecule has 5 heteroatoms. The molecule has 0 unspecified atom stereocenters. The quantitative estimate of drug-likeness (QED) is 0.905. The summed E-state index contributed by atoms with van der Waals surface area (Å²) >= 11 is 0. The average Bonchev–Trinajstić information content (AvgIpc) is 3.37. The number of benzene rings is 1. The SMILES string of the molecule is COc1cccc(C(=O)N2CCC(NCC3CC3)CC2)c1.Cl. The lowest BCUT2D eigenvalue weighted by Gasteiger charge is -2.32. The Balaban J connectivity index is 0.00000176. The van der Waals surface area contributed by atoms with Crippen LogP contribution in [0.15, 0.2) is 24.3 Å². The fraction of sp³-hybridized carbons (Fsp3) is 0.588. The van der Waals surface area contributed by atoms with E-state index in [0.717, 1.165) is 49.7 Å². The summed E-state index contributed by atoms with van der Waals surface area (Å²) in [5.74, 6) is 1.78. The standard InChI is InChI=1S/C17H24N2O2.ClH/c1-21-16-4-2-3-14(11-16)17(20)19-9-7-15(8-10-19)18-12-13-5-6-13;/h2-4,11,13,15,18H,5-10,12H2,1H3;1H. The highest BCUT2D eigenvalue weighted by Crippen LogP contribution is 2.28. The van der Waals surface area contributed by atoms with Crippen molar-refractivity contribution in [1.29, 1.82) is 0 Å². The zero-order valence-electron chi connectivity index (χ0n) is 13.1. The van der Waals surface area contributed by atoms with Gasteiger partial charge in [0, 0.05) is 24.7 Å². The fourth-order valence-electron chi connectivity index (χ4n) is 2.88. The fourth-order valence-corrected chi connectivity index (χ4v) is 2.88. The summed E-state index contributed by atoms with van der Waals surface area (Å²) in [5.41, 5.74) is 0.721. The first kappa shape index (κ1) is 17.1. The smallest absolute Gasteiger partial charge is 0.253 e. The molecule has 1 heterocycles. The summed E-state index contributed by atoms with van der Waals surface area (Å²) in [7, 11) is 1.63. The highest BCUT2D eigenvalue weighted by molar-refractivity contribution is 5.94. The molecular weight excluding hydrogens is 300 g/mol. The molecule has 3 rings (SSSR count). The van der Waals surface area contributed by atoms with Crippen molar-refractivity contribution >= 4 is 18.3 Å². The molecule has 2 aliphatic rings. The van der Waals surface area contributed by atoms with Gasteiger partial charge in [-0.05, 0) is 56.3 Å². The van der Waals surface area contributed by atoms with Gasteiger partial charge in [-0.15, -0.1) is 12.4 Å². The van der Waals surface area contributed by atoms with Gasteiger partial charge in [0.15, 0.2) is 0 Å². The molecule has 122 valence electrons. The molecule has 1 aromatic rings. The molecule has 0 bridgehead atoms. The van der Waals surface area contributed by atoms with Crippen molar-refractivity contribution in [2.24, 2.45) is 5.92 Å². The zero-order valence-corrected chi connectivity index (χ0v) is 13.9. The van der Waals surface area contributed by atoms with Crippen molar-refractivity contribution in [3.8, 4) is 5.75 Å². The van der Waals surface area contributed by atoms with Crippen molar-refractivity contribution in [3.05, 3.63) is 29.8 Å². The van der Waals surface area contributed by atoms with Crippen molar-refractivity contribution < 1.29 is 9.53 Å². The minimum Gasteiger partial charge on any atom is -0.497 e. The van der Waals surface area contributed by atoms with Gasteiger partial charge in [0.2, 0.25) is 0 Å². The first-order chi connectivity index (χ1) is 10.3. The Hall–Kier alpha value is -1.26. The monoisotopic (exact) mass is 324 g/mol. The predicted molar refractivity (Wildman–Crippen MR) is 89.9 cm³/mol. The number of piperidine rings is 1. The van der Waals surface area contributed by atoms with Crippen LogP contribution in [0, 0.1) is 5.92 Å². The summed E-state index contributed by atoms with van der Waals surface area (Å²) < 4.78 is 5.19. The molecule has 1 aromatic carbocycles. The number of nitrogens with one attached hydrogen (secondary N) is 1. The van der Waals surface area contributed by atoms with Crippen molar-refractivity contribution in [1.82, 2.24) is 10.2 Å². The normalized spacial score (nSPS) is 18.7. The second-order valence-corrected chi connectivity index (χ2v) is 6.15. The van der Waals surface area contributed by atoms with E-state index < -0.39 is 0 Å². The number of rotatable bonds is 5. The molecule has 1 aliphatic heterocycles. The second-order valence-electron chi connectivity index (χ2n) is 6.15. The van der Waals surface area contributed by atoms with E-state index in [1.807, 2.05) is 29.2 Å². The van der Waals surface area contributed by atoms with Gasteiger partial charge in [0.25, 0.3) is 5.91 Å². The Kier molecular flexibility index (Phi) is 6.09. The average molecular weight is 325 g/mol. The number of likely N-dealkylation sites (tertiary alicyclic amines) is 1. The highest BCUT2D eigenvalue weighted by Gasteiger charge is 2.26. The molecule has 2 fully saturated rings. The van der Waals surface area contributed by atoms with Gasteiger partial charge in [-0.1, -0.05) is 6.07 Å². The third-order valence-corrected chi connectivity index (χ3v) is 4.49. The minimum absolute atomic E-state index is 0. The van der Waals surface area contributed by atoms with Crippen LogP contribution >= 0.6 is 12.4 Å². The first-order valence-corrected chi connectivity index (χ1v) is 7.93. The Bertz CT molecular complexity index is 497. The number of carbonyl (C=O) groups excluding carboxylic acids is 1. The summed E-state index contributed by atoms with van der Waals surface area (Å²) in [6, 6.07) is 8.00. The topological polar surface area (TPSA) is 41.6 Å². The Morgan fingerprint density at radius 1 is 1.27 bits per heavy atom. The summed E-state index contributed by atoms with van der Waals surface area (Å²) in [6.07, 6.45) is 4.89. The summed E-state index contributed by atoms with van der Waals surface area (Å²) in [6.45, 7) is 2.85. The molecule has 1 saturated carbocycles. The van der Waals surface area contributed by atoms with E-state index in [9.17, 15) is 4.79 Å². The summed E-state index contributed by atoms with van der Waals surface area (Å²) in [4.78, 5) is 14.5. The third-order valence-electron chi connectivity index (χ3n) is 4.49. The lowest BCUT2D eigenvalue weighted by molar-refractivity contribution is 0.0704. The van der Waals surface area contributed by atoms with Crippen LogP contribution < -0.4 is 10.1 Å². The number of hydrogen-bond donors (Lipinski definition) is 1. The Labute approximate surface area is 138 Å². The van der Waals surface area contributed by atoms with Crippen molar-refractivity contribution in [2.75, 3.05) is 26.7 Å². The van der Waals surface area contributed by atoms with E-state index in [1.165, 1.54) is 12.8 Å². The number of nitrogens with zero attached hydrogens (tertiary/aromatic N) is 1. The zero-order chi connectivity index (χ0) is 14.7. The predicted octanol–water partition coefficient (Wildman–Crippen LogP) is 2.72. The number of amides is 1. The third kappa shape index (κ3) is 4.37. The molecule has 0 aromatic heterocycles. The highest BCUT2D eigenvalue weighted by atomic mass is 35.5. The van der Waals surface area contributed by atoms with Gasteiger partial charge >= 0.3 is 0 Å². The van der Waals surface area contributed by atoms with Crippen LogP contribution in [0.3, 0.4) is 0 Å². The molecule has 1 saturated heterocycles. The van der Waals surface area contributed by atoms with Crippen LogP contribution in [0.25, 0.3) is 0 Å². The van der Waals surface area contributed by atoms with Crippen molar-refractivity contribution in [3.63, 3.8) is 0 Å². The van der Waals surface area contributed by atoms with Crippen molar-refractivity contribution in [2.45, 2.75) is 31.7 Å². The van der Waals surface area contributed by atoms with Crippen LogP contribution in [-0.4, -0.2) is 43.6 Å². The van der Waals surface area contributed by atoms with Crippen LogP contribution in [-0.2, 0) is 0 Å². The molecule has 0 atom stereocenters. The molecule has 1 amide bonds. The van der Waals surface area contributed by atoms with E-state index in [4.69, 9.17) is 4.74 Å². The Morgan fingerprint density at radius 2 is 2.00 bits per heavy atom. The first-order valence-electron chi connectivity index (χ1n) is 7.93. The summed E-state index contributed by atoms with van der Waals surface area (Å²) in [5, 5.41) is 3.64.